The third-order valence-electron chi connectivity index (χ3n) is 4.06. The molecule has 0 aliphatic heterocycles. The van der Waals surface area contributed by atoms with Crippen LogP contribution in [0.25, 0.3) is 0 Å². The lowest BCUT2D eigenvalue weighted by atomic mass is 10.2. The Labute approximate surface area is 183 Å². The van der Waals surface area contributed by atoms with Crippen LogP contribution >= 0.6 is 11.3 Å². The van der Waals surface area contributed by atoms with Crippen LogP contribution in [0.3, 0.4) is 0 Å². The van der Waals surface area contributed by atoms with Crippen molar-refractivity contribution in [2.24, 2.45) is 0 Å². The SMILES string of the molecule is Cc1nc(COc2ccc(C(=O)OC(C)C(=O)NC(=O)Nc3ccccc3)cc2)cs1. The minimum Gasteiger partial charge on any atom is -0.487 e. The van der Waals surface area contributed by atoms with E-state index >= 15 is 0 Å². The summed E-state index contributed by atoms with van der Waals surface area (Å²) in [5, 5.41) is 7.54. The summed E-state index contributed by atoms with van der Waals surface area (Å²) in [4.78, 5) is 40.6. The predicted molar refractivity (Wildman–Crippen MR) is 116 cm³/mol. The number of urea groups is 1. The molecule has 8 nitrogen and oxygen atoms in total. The number of carbonyl (C=O) groups excluding carboxylic acids is 3. The van der Waals surface area contributed by atoms with Crippen LogP contribution in [0.1, 0.15) is 28.0 Å². The van der Waals surface area contributed by atoms with Crippen molar-refractivity contribution in [1.29, 1.82) is 0 Å². The van der Waals surface area contributed by atoms with Gasteiger partial charge in [0.1, 0.15) is 12.4 Å². The molecule has 1 aromatic heterocycles. The highest BCUT2D eigenvalue weighted by Crippen LogP contribution is 2.16. The van der Waals surface area contributed by atoms with Gasteiger partial charge in [-0.1, -0.05) is 18.2 Å². The first-order chi connectivity index (χ1) is 14.9. The minimum absolute atomic E-state index is 0.255. The van der Waals surface area contributed by atoms with E-state index in [9.17, 15) is 14.4 Å². The monoisotopic (exact) mass is 439 g/mol. The summed E-state index contributed by atoms with van der Waals surface area (Å²) in [5.41, 5.74) is 1.62. The first-order valence-electron chi connectivity index (χ1n) is 9.42. The first kappa shape index (κ1) is 22.0. The molecule has 0 saturated heterocycles. The summed E-state index contributed by atoms with van der Waals surface area (Å²) < 4.78 is 10.8. The number of carbonyl (C=O) groups is 3. The molecule has 0 radical (unpaired) electrons. The first-order valence-corrected chi connectivity index (χ1v) is 10.3. The smallest absolute Gasteiger partial charge is 0.338 e. The van der Waals surface area contributed by atoms with Crippen molar-refractivity contribution in [1.82, 2.24) is 10.3 Å². The average Bonchev–Trinajstić information content (AvgIpc) is 3.18. The zero-order valence-electron chi connectivity index (χ0n) is 17.0. The number of hydrogen-bond acceptors (Lipinski definition) is 7. The molecule has 9 heteroatoms. The minimum atomic E-state index is -1.15. The second-order valence-electron chi connectivity index (χ2n) is 6.53. The molecule has 0 aliphatic rings. The number of amides is 3. The molecule has 0 spiro atoms. The fourth-order valence-electron chi connectivity index (χ4n) is 2.50. The van der Waals surface area contributed by atoms with Crippen LogP contribution in [0.5, 0.6) is 5.75 Å². The maximum atomic E-state index is 12.3. The van der Waals surface area contributed by atoms with Crippen molar-refractivity contribution in [3.05, 3.63) is 76.2 Å². The van der Waals surface area contributed by atoms with E-state index in [0.717, 1.165) is 10.7 Å². The molecule has 31 heavy (non-hydrogen) atoms. The van der Waals surface area contributed by atoms with Crippen molar-refractivity contribution >= 4 is 34.9 Å². The number of nitrogens with one attached hydrogen (secondary N) is 2. The third-order valence-corrected chi connectivity index (χ3v) is 4.89. The van der Waals surface area contributed by atoms with Gasteiger partial charge in [-0.3, -0.25) is 10.1 Å². The van der Waals surface area contributed by atoms with Crippen molar-refractivity contribution in [2.45, 2.75) is 26.6 Å². The molecule has 0 aliphatic carbocycles. The molecule has 2 aromatic carbocycles. The normalized spacial score (nSPS) is 11.3. The molecular weight excluding hydrogens is 418 g/mol. The fourth-order valence-corrected chi connectivity index (χ4v) is 3.10. The standard InChI is InChI=1S/C22H21N3O5S/c1-14(20(26)25-22(28)24-17-6-4-3-5-7-17)30-21(27)16-8-10-19(11-9-16)29-12-18-13-31-15(2)23-18/h3-11,13-14H,12H2,1-2H3,(H2,24,25,26,28). The van der Waals surface area contributed by atoms with E-state index in [4.69, 9.17) is 9.47 Å². The summed E-state index contributed by atoms with van der Waals surface area (Å²) in [6.07, 6.45) is -1.15. The molecule has 160 valence electrons. The second kappa shape index (κ2) is 10.4. The van der Waals surface area contributed by atoms with Gasteiger partial charge < -0.3 is 14.8 Å². The average molecular weight is 439 g/mol. The van der Waals surface area contributed by atoms with Gasteiger partial charge in [0.2, 0.25) is 0 Å². The highest BCUT2D eigenvalue weighted by molar-refractivity contribution is 7.09. The van der Waals surface area contributed by atoms with Gasteiger partial charge in [0.15, 0.2) is 6.10 Å². The Bertz CT molecular complexity index is 1050. The van der Waals surface area contributed by atoms with Crippen LogP contribution in [0, 0.1) is 6.92 Å². The zero-order valence-corrected chi connectivity index (χ0v) is 17.8. The van der Waals surface area contributed by atoms with Gasteiger partial charge in [-0.05, 0) is 50.2 Å². The van der Waals surface area contributed by atoms with Gasteiger partial charge in [0.05, 0.1) is 16.3 Å². The van der Waals surface area contributed by atoms with Gasteiger partial charge in [0.25, 0.3) is 5.91 Å². The highest BCUT2D eigenvalue weighted by Gasteiger charge is 2.21. The number of esters is 1. The molecule has 3 rings (SSSR count). The second-order valence-corrected chi connectivity index (χ2v) is 7.59. The quantitative estimate of drug-likeness (QED) is 0.541. The number of aromatic nitrogens is 1. The number of thiazole rings is 1. The molecule has 0 bridgehead atoms. The Kier molecular flexibility index (Phi) is 7.34. The number of imide groups is 1. The van der Waals surface area contributed by atoms with E-state index in [0.29, 0.717) is 18.0 Å². The van der Waals surface area contributed by atoms with Gasteiger partial charge in [0, 0.05) is 11.1 Å². The summed E-state index contributed by atoms with van der Waals surface area (Å²) >= 11 is 1.55. The van der Waals surface area contributed by atoms with Gasteiger partial charge >= 0.3 is 12.0 Å². The lowest BCUT2D eigenvalue weighted by Gasteiger charge is -2.13. The summed E-state index contributed by atoms with van der Waals surface area (Å²) in [7, 11) is 0. The number of nitrogens with zero attached hydrogens (tertiary/aromatic N) is 1. The maximum absolute atomic E-state index is 12.3. The number of para-hydroxylation sites is 1. The van der Waals surface area contributed by atoms with Gasteiger partial charge in [-0.2, -0.15) is 0 Å². The molecule has 1 atom stereocenters. The van der Waals surface area contributed by atoms with Crippen molar-refractivity contribution in [3.63, 3.8) is 0 Å². The van der Waals surface area contributed by atoms with Crippen molar-refractivity contribution in [3.8, 4) is 5.75 Å². The number of ether oxygens (including phenoxy) is 2. The fraction of sp³-hybridized carbons (Fsp3) is 0.182. The third kappa shape index (κ3) is 6.65. The summed E-state index contributed by atoms with van der Waals surface area (Å²) in [5.74, 6) is -0.848. The molecule has 2 N–H and O–H groups in total. The van der Waals surface area contributed by atoms with E-state index in [1.807, 2.05) is 12.3 Å². The highest BCUT2D eigenvalue weighted by atomic mass is 32.1. The largest absolute Gasteiger partial charge is 0.487 e. The lowest BCUT2D eigenvalue weighted by Crippen LogP contribution is -2.41. The van der Waals surface area contributed by atoms with E-state index in [-0.39, 0.29) is 5.56 Å². The van der Waals surface area contributed by atoms with Crippen LogP contribution in [0.4, 0.5) is 10.5 Å². The molecule has 1 heterocycles. The van der Waals surface area contributed by atoms with Crippen molar-refractivity contribution < 1.29 is 23.9 Å². The Morgan fingerprint density at radius 2 is 1.77 bits per heavy atom. The Hall–Kier alpha value is -3.72. The molecule has 3 amide bonds. The van der Waals surface area contributed by atoms with Crippen LogP contribution in [-0.2, 0) is 16.1 Å². The van der Waals surface area contributed by atoms with Gasteiger partial charge in [-0.25, -0.2) is 14.6 Å². The lowest BCUT2D eigenvalue weighted by molar-refractivity contribution is -0.127. The molecule has 1 unspecified atom stereocenters. The number of anilines is 1. The Morgan fingerprint density at radius 1 is 1.06 bits per heavy atom. The summed E-state index contributed by atoms with van der Waals surface area (Å²) in [6.45, 7) is 3.64. The van der Waals surface area contributed by atoms with Crippen LogP contribution in [0.2, 0.25) is 0 Å². The molecule has 0 fully saturated rings. The zero-order chi connectivity index (χ0) is 22.2. The van der Waals surface area contributed by atoms with Crippen LogP contribution in [0.15, 0.2) is 60.0 Å². The van der Waals surface area contributed by atoms with E-state index in [2.05, 4.69) is 15.6 Å². The van der Waals surface area contributed by atoms with E-state index in [1.54, 1.807) is 53.8 Å². The Balaban J connectivity index is 1.47. The van der Waals surface area contributed by atoms with Crippen LogP contribution < -0.4 is 15.4 Å². The number of rotatable bonds is 7. The van der Waals surface area contributed by atoms with Crippen molar-refractivity contribution in [2.75, 3.05) is 5.32 Å². The topological polar surface area (TPSA) is 107 Å². The number of hydrogen-bond donors (Lipinski definition) is 2. The number of benzene rings is 2. The van der Waals surface area contributed by atoms with E-state index in [1.165, 1.54) is 19.1 Å². The number of aryl methyl sites for hydroxylation is 1. The molecular formula is C22H21N3O5S. The molecule has 0 saturated carbocycles. The summed E-state index contributed by atoms with van der Waals surface area (Å²) in [6, 6.07) is 14.3. The Morgan fingerprint density at radius 3 is 2.42 bits per heavy atom. The van der Waals surface area contributed by atoms with Crippen LogP contribution in [-0.4, -0.2) is 29.0 Å². The predicted octanol–water partition coefficient (Wildman–Crippen LogP) is 3.92. The van der Waals surface area contributed by atoms with Gasteiger partial charge in [-0.15, -0.1) is 11.3 Å². The van der Waals surface area contributed by atoms with E-state index < -0.39 is 24.0 Å². The molecule has 3 aromatic rings. The maximum Gasteiger partial charge on any atom is 0.338 e.